The first-order valence-electron chi connectivity index (χ1n) is 7.77. The molecule has 1 N–H and O–H groups in total. The molecular weight excluding hydrogens is 381 g/mol. The number of alkyl halides is 3. The van der Waals surface area contributed by atoms with E-state index in [2.05, 4.69) is 5.10 Å². The van der Waals surface area contributed by atoms with Gasteiger partial charge in [0.1, 0.15) is 0 Å². The molecule has 0 saturated carbocycles. The lowest BCUT2D eigenvalue weighted by Crippen LogP contribution is -2.06. The van der Waals surface area contributed by atoms with Crippen molar-refractivity contribution in [1.82, 2.24) is 9.78 Å². The maximum Gasteiger partial charge on any atom is 0.416 e. The largest absolute Gasteiger partial charge is 0.416 e. The topological polar surface area (TPSA) is 72.2 Å². The predicted molar refractivity (Wildman–Crippen MR) is 93.0 cm³/mol. The number of hydrogen-bond donors (Lipinski definition) is 1. The Kier molecular flexibility index (Phi) is 4.83. The van der Waals surface area contributed by atoms with Crippen LogP contribution in [0, 0.1) is 0 Å². The average Bonchev–Trinajstić information content (AvgIpc) is 3.05. The van der Waals surface area contributed by atoms with Gasteiger partial charge in [0.05, 0.1) is 34.1 Å². The molecule has 3 rings (SSSR count). The van der Waals surface area contributed by atoms with Crippen LogP contribution in [-0.4, -0.2) is 29.6 Å². The minimum absolute atomic E-state index is 0.147. The second kappa shape index (κ2) is 6.82. The van der Waals surface area contributed by atoms with Crippen molar-refractivity contribution >= 4 is 9.84 Å². The van der Waals surface area contributed by atoms with E-state index in [9.17, 15) is 26.7 Å². The van der Waals surface area contributed by atoms with E-state index in [1.54, 1.807) is 18.2 Å². The van der Waals surface area contributed by atoms with E-state index in [0.717, 1.165) is 18.4 Å². The van der Waals surface area contributed by atoms with Crippen LogP contribution in [0.25, 0.3) is 16.9 Å². The molecule has 0 aliphatic rings. The van der Waals surface area contributed by atoms with Gasteiger partial charge in [0.25, 0.3) is 0 Å². The minimum atomic E-state index is -4.44. The van der Waals surface area contributed by atoms with Crippen LogP contribution in [-0.2, 0) is 22.6 Å². The van der Waals surface area contributed by atoms with Gasteiger partial charge in [0.15, 0.2) is 9.84 Å². The number of aliphatic hydroxyl groups excluding tert-OH is 1. The molecule has 9 heteroatoms. The van der Waals surface area contributed by atoms with Crippen molar-refractivity contribution < 1.29 is 26.7 Å². The van der Waals surface area contributed by atoms with Gasteiger partial charge in [-0.3, -0.25) is 0 Å². The number of hydrogen-bond acceptors (Lipinski definition) is 4. The normalized spacial score (nSPS) is 12.3. The molecule has 0 aliphatic heterocycles. The monoisotopic (exact) mass is 396 g/mol. The molecule has 0 aliphatic carbocycles. The summed E-state index contributed by atoms with van der Waals surface area (Å²) in [5.74, 6) is 0. The summed E-state index contributed by atoms with van der Waals surface area (Å²) in [6.07, 6.45) is -3.35. The molecule has 27 heavy (non-hydrogen) atoms. The van der Waals surface area contributed by atoms with Crippen LogP contribution in [0.3, 0.4) is 0 Å². The van der Waals surface area contributed by atoms with Crippen molar-refractivity contribution in [3.8, 4) is 16.9 Å². The lowest BCUT2D eigenvalue weighted by Gasteiger charge is -2.10. The molecule has 0 atom stereocenters. The van der Waals surface area contributed by atoms with E-state index in [4.69, 9.17) is 0 Å². The molecule has 3 aromatic rings. The Bertz CT molecular complexity index is 1050. The van der Waals surface area contributed by atoms with E-state index >= 15 is 0 Å². The summed E-state index contributed by atoms with van der Waals surface area (Å²) in [4.78, 5) is 0.147. The third-order valence-corrected chi connectivity index (χ3v) is 5.07. The molecule has 1 aromatic heterocycles. The summed E-state index contributed by atoms with van der Waals surface area (Å²) in [6, 6.07) is 12.1. The van der Waals surface area contributed by atoms with Gasteiger partial charge in [0.2, 0.25) is 0 Å². The lowest BCUT2D eigenvalue weighted by atomic mass is 10.1. The van der Waals surface area contributed by atoms with E-state index < -0.39 is 21.6 Å². The van der Waals surface area contributed by atoms with Gasteiger partial charge >= 0.3 is 6.18 Å². The van der Waals surface area contributed by atoms with Gasteiger partial charge in [-0.05, 0) is 42.5 Å². The zero-order valence-electron chi connectivity index (χ0n) is 14.1. The summed E-state index contributed by atoms with van der Waals surface area (Å²) < 4.78 is 62.8. The summed E-state index contributed by atoms with van der Waals surface area (Å²) >= 11 is 0. The van der Waals surface area contributed by atoms with Crippen LogP contribution < -0.4 is 0 Å². The Morgan fingerprint density at radius 1 is 1.04 bits per heavy atom. The number of benzene rings is 2. The number of aliphatic hydroxyl groups is 1. The molecule has 0 saturated heterocycles. The van der Waals surface area contributed by atoms with Crippen molar-refractivity contribution in [2.75, 3.05) is 6.26 Å². The fourth-order valence-corrected chi connectivity index (χ4v) is 3.20. The fraction of sp³-hybridized carbons (Fsp3) is 0.167. The van der Waals surface area contributed by atoms with E-state index in [-0.39, 0.29) is 11.5 Å². The van der Waals surface area contributed by atoms with Gasteiger partial charge in [-0.15, -0.1) is 0 Å². The second-order valence-electron chi connectivity index (χ2n) is 5.93. The highest BCUT2D eigenvalue weighted by Gasteiger charge is 2.30. The van der Waals surface area contributed by atoms with Crippen molar-refractivity contribution in [3.05, 3.63) is 65.9 Å². The highest BCUT2D eigenvalue weighted by atomic mass is 32.2. The zero-order chi connectivity index (χ0) is 19.8. The van der Waals surface area contributed by atoms with Crippen molar-refractivity contribution in [3.63, 3.8) is 0 Å². The average molecular weight is 396 g/mol. The van der Waals surface area contributed by atoms with Crippen LogP contribution in [0.15, 0.2) is 59.5 Å². The Morgan fingerprint density at radius 3 is 2.11 bits per heavy atom. The number of nitrogens with zero attached hydrogens (tertiary/aromatic N) is 2. The van der Waals surface area contributed by atoms with Gasteiger partial charge in [-0.25, -0.2) is 13.1 Å². The van der Waals surface area contributed by atoms with Gasteiger partial charge < -0.3 is 5.11 Å². The maximum atomic E-state index is 12.8. The number of rotatable bonds is 4. The van der Waals surface area contributed by atoms with Crippen LogP contribution in [0.1, 0.15) is 11.3 Å². The summed E-state index contributed by atoms with van der Waals surface area (Å²) in [6.45, 7) is -0.345. The first kappa shape index (κ1) is 19.1. The molecule has 1 heterocycles. The number of aromatic nitrogens is 2. The molecule has 0 amide bonds. The van der Waals surface area contributed by atoms with Crippen molar-refractivity contribution in [1.29, 1.82) is 0 Å². The van der Waals surface area contributed by atoms with Crippen LogP contribution in [0.5, 0.6) is 0 Å². The third kappa shape index (κ3) is 4.04. The van der Waals surface area contributed by atoms with Crippen LogP contribution in [0.4, 0.5) is 13.2 Å². The smallest absolute Gasteiger partial charge is 0.390 e. The molecule has 0 radical (unpaired) electrons. The predicted octanol–water partition coefficient (Wildman–Crippen LogP) is 3.45. The molecule has 0 bridgehead atoms. The second-order valence-corrected chi connectivity index (χ2v) is 7.95. The standard InChI is InChI=1S/C18H15F3N2O3S/c1-27(25,26)16-8-2-12(3-9-16)17-10-14(11-24)22-23(17)15-6-4-13(5-7-15)18(19,20)21/h2-10,24H,11H2,1H3. The molecule has 2 aromatic carbocycles. The van der Waals surface area contributed by atoms with Gasteiger partial charge in [-0.1, -0.05) is 12.1 Å². The quantitative estimate of drug-likeness (QED) is 0.733. The minimum Gasteiger partial charge on any atom is -0.390 e. The van der Waals surface area contributed by atoms with Crippen molar-refractivity contribution in [2.45, 2.75) is 17.7 Å². The Hall–Kier alpha value is -2.65. The van der Waals surface area contributed by atoms with E-state index in [1.165, 1.54) is 28.9 Å². The fourth-order valence-electron chi connectivity index (χ4n) is 2.57. The number of sulfone groups is 1. The molecular formula is C18H15F3N2O3S. The van der Waals surface area contributed by atoms with E-state index in [0.29, 0.717) is 22.6 Å². The Balaban J connectivity index is 2.06. The Labute approximate surface area is 153 Å². The highest BCUT2D eigenvalue weighted by molar-refractivity contribution is 7.90. The van der Waals surface area contributed by atoms with Crippen LogP contribution in [0.2, 0.25) is 0 Å². The molecule has 5 nitrogen and oxygen atoms in total. The van der Waals surface area contributed by atoms with Crippen molar-refractivity contribution in [2.24, 2.45) is 0 Å². The van der Waals surface area contributed by atoms with Gasteiger partial charge in [0, 0.05) is 11.8 Å². The third-order valence-electron chi connectivity index (χ3n) is 3.94. The maximum absolute atomic E-state index is 12.8. The van der Waals surface area contributed by atoms with Crippen LogP contribution >= 0.6 is 0 Å². The SMILES string of the molecule is CS(=O)(=O)c1ccc(-c2cc(CO)nn2-c2ccc(C(F)(F)F)cc2)cc1. The summed E-state index contributed by atoms with van der Waals surface area (Å²) in [5.41, 5.74) is 1.05. The molecule has 0 unspecified atom stereocenters. The first-order valence-corrected chi connectivity index (χ1v) is 9.66. The summed E-state index contributed by atoms with van der Waals surface area (Å²) in [5, 5.41) is 13.6. The molecule has 142 valence electrons. The van der Waals surface area contributed by atoms with E-state index in [1.807, 2.05) is 0 Å². The first-order chi connectivity index (χ1) is 12.6. The molecule has 0 fully saturated rings. The zero-order valence-corrected chi connectivity index (χ0v) is 14.9. The Morgan fingerprint density at radius 2 is 1.63 bits per heavy atom. The summed E-state index contributed by atoms with van der Waals surface area (Å²) in [7, 11) is -3.35. The lowest BCUT2D eigenvalue weighted by molar-refractivity contribution is -0.137. The number of halogens is 3. The van der Waals surface area contributed by atoms with Gasteiger partial charge in [-0.2, -0.15) is 18.3 Å². The highest BCUT2D eigenvalue weighted by Crippen LogP contribution is 2.31. The molecule has 0 spiro atoms.